The number of benzene rings is 1. The van der Waals surface area contributed by atoms with E-state index in [9.17, 15) is 4.79 Å². The van der Waals surface area contributed by atoms with E-state index in [1.165, 1.54) is 0 Å². The lowest BCUT2D eigenvalue weighted by Crippen LogP contribution is -2.35. The van der Waals surface area contributed by atoms with Crippen LogP contribution in [0.2, 0.25) is 0 Å². The third kappa shape index (κ3) is 4.00. The van der Waals surface area contributed by atoms with E-state index in [1.54, 1.807) is 0 Å². The summed E-state index contributed by atoms with van der Waals surface area (Å²) in [4.78, 5) is 22.6. The predicted molar refractivity (Wildman–Crippen MR) is 103 cm³/mol. The Morgan fingerprint density at radius 2 is 2.04 bits per heavy atom. The van der Waals surface area contributed by atoms with Crippen molar-refractivity contribution >= 4 is 0 Å². The highest BCUT2D eigenvalue weighted by atomic mass is 16.5. The van der Waals surface area contributed by atoms with Crippen molar-refractivity contribution in [1.82, 2.24) is 14.9 Å². The van der Waals surface area contributed by atoms with E-state index in [4.69, 9.17) is 14.5 Å². The molecule has 1 N–H and O–H groups in total. The van der Waals surface area contributed by atoms with Gasteiger partial charge in [0.05, 0.1) is 24.5 Å². The van der Waals surface area contributed by atoms with Crippen LogP contribution < -0.4 is 15.0 Å². The van der Waals surface area contributed by atoms with Crippen molar-refractivity contribution in [1.29, 1.82) is 0 Å². The normalized spacial score (nSPS) is 16.8. The van der Waals surface area contributed by atoms with E-state index in [0.29, 0.717) is 25.7 Å². The van der Waals surface area contributed by atoms with Gasteiger partial charge in [0.1, 0.15) is 17.3 Å². The molecular weight excluding hydrogens is 342 g/mol. The summed E-state index contributed by atoms with van der Waals surface area (Å²) in [5, 5.41) is 0. The first kappa shape index (κ1) is 18.0. The molecule has 6 nitrogen and oxygen atoms in total. The first-order chi connectivity index (χ1) is 13.2. The summed E-state index contributed by atoms with van der Waals surface area (Å²) in [7, 11) is 0. The largest absolute Gasteiger partial charge is 0.494 e. The van der Waals surface area contributed by atoms with Crippen LogP contribution in [-0.4, -0.2) is 34.6 Å². The van der Waals surface area contributed by atoms with Crippen molar-refractivity contribution in [3.05, 3.63) is 51.2 Å². The number of hydrogen-bond donors (Lipinski definition) is 1. The Morgan fingerprint density at radius 1 is 1.22 bits per heavy atom. The molecule has 1 aromatic carbocycles. The maximum atomic E-state index is 12.6. The Kier molecular flexibility index (Phi) is 5.16. The van der Waals surface area contributed by atoms with Crippen molar-refractivity contribution in [3.63, 3.8) is 0 Å². The van der Waals surface area contributed by atoms with Crippen LogP contribution in [-0.2, 0) is 19.5 Å². The van der Waals surface area contributed by atoms with Crippen molar-refractivity contribution in [2.75, 3.05) is 19.8 Å². The van der Waals surface area contributed by atoms with Gasteiger partial charge in [-0.25, -0.2) is 4.98 Å². The van der Waals surface area contributed by atoms with Crippen LogP contribution >= 0.6 is 0 Å². The van der Waals surface area contributed by atoms with Crippen molar-refractivity contribution in [2.45, 2.75) is 52.1 Å². The molecule has 4 rings (SSSR count). The topological polar surface area (TPSA) is 67.5 Å². The Hall–Kier alpha value is -2.34. The molecule has 2 aromatic rings. The maximum absolute atomic E-state index is 12.6. The van der Waals surface area contributed by atoms with Crippen LogP contribution in [0.3, 0.4) is 0 Å². The molecule has 6 heteroatoms. The molecule has 27 heavy (non-hydrogen) atoms. The van der Waals surface area contributed by atoms with Crippen LogP contribution in [0, 0.1) is 0 Å². The number of H-pyrrole nitrogens is 1. The average molecular weight is 369 g/mol. The first-order valence-corrected chi connectivity index (χ1v) is 9.90. The SMILES string of the molecule is CCOc1ccc(OCC)c(CN2CCc3nc(C4CC4)[nH]c(=O)c3C2)c1. The average Bonchev–Trinajstić information content (AvgIpc) is 3.50. The van der Waals surface area contributed by atoms with Gasteiger partial charge in [0, 0.05) is 37.5 Å². The first-order valence-electron chi connectivity index (χ1n) is 9.90. The van der Waals surface area contributed by atoms with Crippen LogP contribution in [0.25, 0.3) is 0 Å². The number of aromatic amines is 1. The molecule has 0 amide bonds. The predicted octanol–water partition coefficient (Wildman–Crippen LogP) is 3.00. The quantitative estimate of drug-likeness (QED) is 0.813. The molecule has 1 fully saturated rings. The zero-order valence-electron chi connectivity index (χ0n) is 16.1. The molecule has 0 unspecified atom stereocenters. The molecule has 1 aliphatic carbocycles. The molecule has 0 saturated heterocycles. The van der Waals surface area contributed by atoms with Gasteiger partial charge < -0.3 is 14.5 Å². The molecule has 0 radical (unpaired) electrons. The van der Waals surface area contributed by atoms with Gasteiger partial charge in [0.15, 0.2) is 0 Å². The Labute approximate surface area is 159 Å². The van der Waals surface area contributed by atoms with E-state index in [0.717, 1.165) is 66.5 Å². The van der Waals surface area contributed by atoms with Crippen LogP contribution in [0.5, 0.6) is 11.5 Å². The van der Waals surface area contributed by atoms with Gasteiger partial charge in [-0.05, 0) is 44.9 Å². The number of hydrogen-bond acceptors (Lipinski definition) is 5. The second kappa shape index (κ2) is 7.72. The van der Waals surface area contributed by atoms with Crippen molar-refractivity contribution in [2.24, 2.45) is 0 Å². The van der Waals surface area contributed by atoms with Gasteiger partial charge in [-0.15, -0.1) is 0 Å². The molecular formula is C21H27N3O3. The summed E-state index contributed by atoms with van der Waals surface area (Å²) in [6.07, 6.45) is 3.10. The zero-order valence-corrected chi connectivity index (χ0v) is 16.1. The fraction of sp³-hybridized carbons (Fsp3) is 0.524. The molecule has 144 valence electrons. The minimum atomic E-state index is 0.0275. The molecule has 2 aliphatic rings. The molecule has 1 saturated carbocycles. The van der Waals surface area contributed by atoms with Crippen molar-refractivity contribution < 1.29 is 9.47 Å². The third-order valence-corrected chi connectivity index (χ3v) is 5.17. The molecule has 0 atom stereocenters. The van der Waals surface area contributed by atoms with Gasteiger partial charge in [-0.2, -0.15) is 0 Å². The van der Waals surface area contributed by atoms with Crippen LogP contribution in [0.4, 0.5) is 0 Å². The summed E-state index contributed by atoms with van der Waals surface area (Å²) in [5.74, 6) is 3.08. The standard InChI is InChI=1S/C21H27N3O3/c1-3-26-16-7-8-19(27-4-2)15(11-16)12-24-10-9-18-17(13-24)21(25)23-20(22-18)14-5-6-14/h7-8,11,14H,3-6,9-10,12-13H2,1-2H3,(H,22,23,25). The van der Waals surface area contributed by atoms with E-state index in [2.05, 4.69) is 9.88 Å². The number of nitrogens with zero attached hydrogens (tertiary/aromatic N) is 2. The van der Waals surface area contributed by atoms with E-state index < -0.39 is 0 Å². The van der Waals surface area contributed by atoms with Gasteiger partial charge in [-0.3, -0.25) is 9.69 Å². The number of fused-ring (bicyclic) bond motifs is 1. The minimum Gasteiger partial charge on any atom is -0.494 e. The number of nitrogens with one attached hydrogen (secondary N) is 1. The van der Waals surface area contributed by atoms with E-state index >= 15 is 0 Å². The fourth-order valence-electron chi connectivity index (χ4n) is 3.66. The summed E-state index contributed by atoms with van der Waals surface area (Å²) < 4.78 is 11.4. The molecule has 1 aromatic heterocycles. The van der Waals surface area contributed by atoms with E-state index in [-0.39, 0.29) is 5.56 Å². The Bertz CT molecular complexity index is 873. The van der Waals surface area contributed by atoms with Gasteiger partial charge >= 0.3 is 0 Å². The summed E-state index contributed by atoms with van der Waals surface area (Å²) in [6, 6.07) is 5.96. The summed E-state index contributed by atoms with van der Waals surface area (Å²) >= 11 is 0. The highest BCUT2D eigenvalue weighted by Gasteiger charge is 2.29. The van der Waals surface area contributed by atoms with Gasteiger partial charge in [0.25, 0.3) is 5.56 Å². The third-order valence-electron chi connectivity index (χ3n) is 5.17. The fourth-order valence-corrected chi connectivity index (χ4v) is 3.66. The Morgan fingerprint density at radius 3 is 2.78 bits per heavy atom. The lowest BCUT2D eigenvalue weighted by Gasteiger charge is -2.28. The van der Waals surface area contributed by atoms with Gasteiger partial charge in [-0.1, -0.05) is 0 Å². The second-order valence-corrected chi connectivity index (χ2v) is 7.25. The lowest BCUT2D eigenvalue weighted by atomic mass is 10.1. The zero-order chi connectivity index (χ0) is 18.8. The Balaban J connectivity index is 1.54. The minimum absolute atomic E-state index is 0.0275. The van der Waals surface area contributed by atoms with Crippen molar-refractivity contribution in [3.8, 4) is 11.5 Å². The smallest absolute Gasteiger partial charge is 0.255 e. The molecule has 2 heterocycles. The highest BCUT2D eigenvalue weighted by molar-refractivity contribution is 5.40. The maximum Gasteiger partial charge on any atom is 0.255 e. The number of rotatable bonds is 7. The summed E-state index contributed by atoms with van der Waals surface area (Å²) in [6.45, 7) is 7.45. The van der Waals surface area contributed by atoms with Gasteiger partial charge in [0.2, 0.25) is 0 Å². The molecule has 1 aliphatic heterocycles. The van der Waals surface area contributed by atoms with Crippen LogP contribution in [0.15, 0.2) is 23.0 Å². The monoisotopic (exact) mass is 369 g/mol. The molecule has 0 spiro atoms. The molecule has 0 bridgehead atoms. The van der Waals surface area contributed by atoms with E-state index in [1.807, 2.05) is 32.0 Å². The number of ether oxygens (including phenoxy) is 2. The number of aromatic nitrogens is 2. The summed E-state index contributed by atoms with van der Waals surface area (Å²) in [5.41, 5.74) is 2.90. The lowest BCUT2D eigenvalue weighted by molar-refractivity contribution is 0.234. The highest BCUT2D eigenvalue weighted by Crippen LogP contribution is 2.38. The second-order valence-electron chi connectivity index (χ2n) is 7.25. The van der Waals surface area contributed by atoms with Crippen LogP contribution in [0.1, 0.15) is 55.3 Å².